The second kappa shape index (κ2) is 5.43. The van der Waals surface area contributed by atoms with Crippen molar-refractivity contribution in [2.75, 3.05) is 0 Å². The Balaban J connectivity index is 1.82. The van der Waals surface area contributed by atoms with E-state index >= 15 is 0 Å². The summed E-state index contributed by atoms with van der Waals surface area (Å²) in [5.41, 5.74) is 2.15. The molecule has 0 aliphatic heterocycles. The van der Waals surface area contributed by atoms with Gasteiger partial charge in [-0.15, -0.1) is 16.4 Å². The van der Waals surface area contributed by atoms with E-state index in [1.165, 1.54) is 16.8 Å². The molecule has 0 amide bonds. The van der Waals surface area contributed by atoms with Crippen molar-refractivity contribution >= 4 is 21.6 Å². The maximum Gasteiger partial charge on any atom is 0.252 e. The highest BCUT2D eigenvalue weighted by molar-refractivity contribution is 7.19. The summed E-state index contributed by atoms with van der Waals surface area (Å²) in [7, 11) is 0. The largest absolute Gasteiger partial charge is 0.264 e. The zero-order valence-corrected chi connectivity index (χ0v) is 13.9. The Morgan fingerprint density at radius 1 is 1.24 bits per heavy atom. The van der Waals surface area contributed by atoms with Crippen LogP contribution in [0.15, 0.2) is 30.9 Å². The number of aromatic nitrogens is 6. The van der Waals surface area contributed by atoms with E-state index in [4.69, 9.17) is 15.2 Å². The minimum atomic E-state index is 0.126. The van der Waals surface area contributed by atoms with Gasteiger partial charge in [0, 0.05) is 22.8 Å². The summed E-state index contributed by atoms with van der Waals surface area (Å²) in [6, 6.07) is 5.76. The van der Waals surface area contributed by atoms with Gasteiger partial charge in [0.2, 0.25) is 0 Å². The number of fused-ring (bicyclic) bond motifs is 3. The van der Waals surface area contributed by atoms with Crippen molar-refractivity contribution in [3.63, 3.8) is 0 Å². The Morgan fingerprint density at radius 2 is 2.20 bits per heavy atom. The van der Waals surface area contributed by atoms with E-state index < -0.39 is 0 Å². The summed E-state index contributed by atoms with van der Waals surface area (Å²) in [5.74, 6) is 1.41. The number of rotatable bonds is 2. The van der Waals surface area contributed by atoms with Crippen molar-refractivity contribution in [1.82, 2.24) is 29.7 Å². The molecule has 0 N–H and O–H groups in total. The third-order valence-corrected chi connectivity index (χ3v) is 5.46. The van der Waals surface area contributed by atoms with Crippen molar-refractivity contribution in [2.45, 2.75) is 19.3 Å². The van der Waals surface area contributed by atoms with E-state index in [9.17, 15) is 0 Å². The lowest BCUT2D eigenvalue weighted by Gasteiger charge is -2.07. The van der Waals surface area contributed by atoms with Gasteiger partial charge in [-0.3, -0.25) is 4.98 Å². The first-order chi connectivity index (χ1) is 12.3. The molecule has 0 radical (unpaired) electrons. The lowest BCUT2D eigenvalue weighted by molar-refractivity contribution is 0.844. The van der Waals surface area contributed by atoms with Gasteiger partial charge in [0.05, 0.1) is 5.39 Å². The molecule has 4 aromatic rings. The van der Waals surface area contributed by atoms with Crippen LogP contribution in [0.25, 0.3) is 27.4 Å². The molecule has 8 heteroatoms. The van der Waals surface area contributed by atoms with Crippen LogP contribution in [0.4, 0.5) is 0 Å². The Hall–Kier alpha value is -3.18. The molecule has 0 spiro atoms. The van der Waals surface area contributed by atoms with Crippen molar-refractivity contribution < 1.29 is 0 Å². The molecule has 0 saturated heterocycles. The number of thiophene rings is 1. The molecular weight excluding hydrogens is 334 g/mol. The highest BCUT2D eigenvalue weighted by Gasteiger charge is 2.24. The summed E-state index contributed by atoms with van der Waals surface area (Å²) in [6.07, 6.45) is 8.26. The number of hydrogen-bond donors (Lipinski definition) is 0. The lowest BCUT2D eigenvalue weighted by atomic mass is 10.2. The number of nitrogens with zero attached hydrogens (tertiary/aromatic N) is 7. The number of nitriles is 1. The number of hydrogen-bond acceptors (Lipinski definition) is 7. The number of aryl methyl sites for hydroxylation is 2. The zero-order valence-electron chi connectivity index (χ0n) is 13.0. The molecule has 25 heavy (non-hydrogen) atoms. The molecular formula is C17H11N7S. The second-order valence-electron chi connectivity index (χ2n) is 5.77. The van der Waals surface area contributed by atoms with Crippen LogP contribution in [0.3, 0.4) is 0 Å². The Morgan fingerprint density at radius 3 is 3.00 bits per heavy atom. The standard InChI is InChI=1S/C17H11N7S/c18-7-13-20-9-24(23-13)16-14-11-4-1-5-12(11)25-17(14)22-15(21-16)10-3-2-6-19-8-10/h2-3,6,8-9H,1,4-5H2. The third kappa shape index (κ3) is 2.21. The predicted molar refractivity (Wildman–Crippen MR) is 92.3 cm³/mol. The van der Waals surface area contributed by atoms with Crippen LogP contribution in [0.1, 0.15) is 22.7 Å². The van der Waals surface area contributed by atoms with Crippen molar-refractivity contribution in [1.29, 1.82) is 5.26 Å². The average molecular weight is 345 g/mol. The molecule has 0 bridgehead atoms. The zero-order chi connectivity index (χ0) is 16.8. The van der Waals surface area contributed by atoms with Gasteiger partial charge in [-0.05, 0) is 37.0 Å². The third-order valence-electron chi connectivity index (χ3n) is 4.27. The van der Waals surface area contributed by atoms with Crippen LogP contribution in [0.2, 0.25) is 0 Å². The second-order valence-corrected chi connectivity index (χ2v) is 6.86. The van der Waals surface area contributed by atoms with Crippen LogP contribution in [-0.4, -0.2) is 29.7 Å². The van der Waals surface area contributed by atoms with E-state index in [1.807, 2.05) is 18.2 Å². The molecule has 4 aromatic heterocycles. The summed E-state index contributed by atoms with van der Waals surface area (Å²) in [6.45, 7) is 0. The SMILES string of the molecule is N#Cc1ncn(-c2nc(-c3cccnc3)nc3sc4c(c23)CCC4)n1. The van der Waals surface area contributed by atoms with Gasteiger partial charge in [0.25, 0.3) is 5.82 Å². The highest BCUT2D eigenvalue weighted by Crippen LogP contribution is 2.39. The lowest BCUT2D eigenvalue weighted by Crippen LogP contribution is -2.03. The fourth-order valence-electron chi connectivity index (χ4n) is 3.18. The summed E-state index contributed by atoms with van der Waals surface area (Å²) >= 11 is 1.72. The molecule has 4 heterocycles. The van der Waals surface area contributed by atoms with E-state index in [0.717, 1.165) is 35.0 Å². The maximum atomic E-state index is 9.03. The molecule has 7 nitrogen and oxygen atoms in total. The van der Waals surface area contributed by atoms with E-state index in [1.54, 1.807) is 28.4 Å². The molecule has 0 atom stereocenters. The molecule has 0 unspecified atom stereocenters. The topological polar surface area (TPSA) is 93.2 Å². The predicted octanol–water partition coefficient (Wildman–Crippen LogP) is 2.69. The average Bonchev–Trinajstić information content (AvgIpc) is 3.37. The molecule has 120 valence electrons. The Kier molecular flexibility index (Phi) is 3.08. The summed E-state index contributed by atoms with van der Waals surface area (Å²) in [4.78, 5) is 20.0. The molecule has 0 fully saturated rings. The van der Waals surface area contributed by atoms with Gasteiger partial charge >= 0.3 is 0 Å². The fourth-order valence-corrected chi connectivity index (χ4v) is 4.44. The first-order valence-electron chi connectivity index (χ1n) is 7.88. The fraction of sp³-hybridized carbons (Fsp3) is 0.176. The van der Waals surface area contributed by atoms with E-state index in [0.29, 0.717) is 11.6 Å². The minimum Gasteiger partial charge on any atom is -0.264 e. The van der Waals surface area contributed by atoms with Gasteiger partial charge in [-0.25, -0.2) is 19.6 Å². The molecule has 5 rings (SSSR count). The van der Waals surface area contributed by atoms with Crippen molar-refractivity contribution in [2.24, 2.45) is 0 Å². The molecule has 0 saturated carbocycles. The Bertz CT molecular complexity index is 1140. The van der Waals surface area contributed by atoms with Gasteiger partial charge in [0.15, 0.2) is 11.6 Å². The molecule has 0 aromatic carbocycles. The van der Waals surface area contributed by atoms with Crippen molar-refractivity contribution in [3.05, 3.63) is 47.1 Å². The monoisotopic (exact) mass is 345 g/mol. The van der Waals surface area contributed by atoms with Crippen LogP contribution >= 0.6 is 11.3 Å². The smallest absolute Gasteiger partial charge is 0.252 e. The Labute approximate surface area is 146 Å². The van der Waals surface area contributed by atoms with Gasteiger partial charge in [0.1, 0.15) is 17.2 Å². The molecule has 1 aliphatic rings. The van der Waals surface area contributed by atoms with Crippen LogP contribution in [0, 0.1) is 11.3 Å². The first kappa shape index (κ1) is 14.2. The first-order valence-corrected chi connectivity index (χ1v) is 8.70. The van der Waals surface area contributed by atoms with Gasteiger partial charge < -0.3 is 0 Å². The normalized spacial score (nSPS) is 13.1. The van der Waals surface area contributed by atoms with E-state index in [-0.39, 0.29) is 5.82 Å². The van der Waals surface area contributed by atoms with Crippen LogP contribution in [0.5, 0.6) is 0 Å². The highest BCUT2D eigenvalue weighted by atomic mass is 32.1. The van der Waals surface area contributed by atoms with Gasteiger partial charge in [-0.2, -0.15) is 5.26 Å². The summed E-state index contributed by atoms with van der Waals surface area (Å²) < 4.78 is 1.58. The number of pyridine rings is 1. The van der Waals surface area contributed by atoms with Crippen molar-refractivity contribution in [3.8, 4) is 23.3 Å². The van der Waals surface area contributed by atoms with Crippen LogP contribution in [-0.2, 0) is 12.8 Å². The summed E-state index contributed by atoms with van der Waals surface area (Å²) in [5, 5.41) is 14.3. The maximum absolute atomic E-state index is 9.03. The molecule has 1 aliphatic carbocycles. The minimum absolute atomic E-state index is 0.126. The van der Waals surface area contributed by atoms with Crippen LogP contribution < -0.4 is 0 Å². The van der Waals surface area contributed by atoms with E-state index in [2.05, 4.69) is 15.1 Å². The van der Waals surface area contributed by atoms with Gasteiger partial charge in [-0.1, -0.05) is 0 Å². The quantitative estimate of drug-likeness (QED) is 0.554.